The Bertz CT molecular complexity index is 435. The van der Waals surface area contributed by atoms with Gasteiger partial charge in [-0.25, -0.2) is 9.59 Å². The average molecular weight is 279 g/mol. The molecule has 0 aromatic carbocycles. The number of aliphatic carboxylic acids is 1. The quantitative estimate of drug-likeness (QED) is 0.704. The van der Waals surface area contributed by atoms with Gasteiger partial charge in [-0.15, -0.1) is 0 Å². The fourth-order valence-electron chi connectivity index (χ4n) is 1.77. The normalized spacial score (nSPS) is 11.9. The summed E-state index contributed by atoms with van der Waals surface area (Å²) in [4.78, 5) is 26.6. The molecule has 0 spiro atoms. The standard InChI is InChI=1S/C14H21N3O3/c1-10(2)8-12(13(18)19)17-14(20)16-7-5-11-4-3-6-15-9-11/h3-4,6,9-10,12H,5,7-8H2,1-2H3,(H,18,19)(H2,16,17,20). The lowest BCUT2D eigenvalue weighted by molar-refractivity contribution is -0.139. The summed E-state index contributed by atoms with van der Waals surface area (Å²) >= 11 is 0. The Morgan fingerprint density at radius 2 is 2.15 bits per heavy atom. The summed E-state index contributed by atoms with van der Waals surface area (Å²) in [5.74, 6) is -0.812. The van der Waals surface area contributed by atoms with Crippen LogP contribution in [0.25, 0.3) is 0 Å². The first-order valence-electron chi connectivity index (χ1n) is 6.65. The van der Waals surface area contributed by atoms with E-state index in [1.807, 2.05) is 26.0 Å². The Morgan fingerprint density at radius 3 is 2.70 bits per heavy atom. The number of carbonyl (C=O) groups excluding carboxylic acids is 1. The first kappa shape index (κ1) is 15.9. The second kappa shape index (κ2) is 8.14. The number of amides is 2. The van der Waals surface area contributed by atoms with Crippen molar-refractivity contribution in [2.75, 3.05) is 6.54 Å². The highest BCUT2D eigenvalue weighted by molar-refractivity contribution is 5.82. The lowest BCUT2D eigenvalue weighted by Crippen LogP contribution is -2.47. The summed E-state index contributed by atoms with van der Waals surface area (Å²) in [6.45, 7) is 4.27. The number of nitrogens with one attached hydrogen (secondary N) is 2. The molecule has 6 nitrogen and oxygen atoms in total. The van der Waals surface area contributed by atoms with Crippen LogP contribution in [0.2, 0.25) is 0 Å². The van der Waals surface area contributed by atoms with E-state index in [9.17, 15) is 9.59 Å². The largest absolute Gasteiger partial charge is 0.480 e. The molecular weight excluding hydrogens is 258 g/mol. The van der Waals surface area contributed by atoms with Crippen LogP contribution in [-0.4, -0.2) is 34.7 Å². The molecular formula is C14H21N3O3. The Hall–Kier alpha value is -2.11. The van der Waals surface area contributed by atoms with Gasteiger partial charge in [-0.2, -0.15) is 0 Å². The predicted molar refractivity (Wildman–Crippen MR) is 75.4 cm³/mol. The van der Waals surface area contributed by atoms with E-state index < -0.39 is 18.0 Å². The first-order valence-corrected chi connectivity index (χ1v) is 6.65. The van der Waals surface area contributed by atoms with E-state index in [-0.39, 0.29) is 5.92 Å². The van der Waals surface area contributed by atoms with E-state index in [1.54, 1.807) is 12.4 Å². The third kappa shape index (κ3) is 6.17. The van der Waals surface area contributed by atoms with Gasteiger partial charge in [0.1, 0.15) is 6.04 Å². The molecule has 0 fully saturated rings. The van der Waals surface area contributed by atoms with Crippen LogP contribution in [0.3, 0.4) is 0 Å². The highest BCUT2D eigenvalue weighted by atomic mass is 16.4. The SMILES string of the molecule is CC(C)CC(NC(=O)NCCc1cccnc1)C(=O)O. The molecule has 1 aromatic heterocycles. The summed E-state index contributed by atoms with van der Waals surface area (Å²) < 4.78 is 0. The second-order valence-corrected chi connectivity index (χ2v) is 5.03. The molecule has 110 valence electrons. The average Bonchev–Trinajstić information content (AvgIpc) is 2.38. The van der Waals surface area contributed by atoms with Gasteiger partial charge in [-0.1, -0.05) is 19.9 Å². The Morgan fingerprint density at radius 1 is 1.40 bits per heavy atom. The molecule has 20 heavy (non-hydrogen) atoms. The number of carbonyl (C=O) groups is 2. The number of hydrogen-bond donors (Lipinski definition) is 3. The molecule has 2 amide bonds. The van der Waals surface area contributed by atoms with Gasteiger partial charge in [0.25, 0.3) is 0 Å². The van der Waals surface area contributed by atoms with Crippen LogP contribution in [0.1, 0.15) is 25.8 Å². The van der Waals surface area contributed by atoms with E-state index in [0.717, 1.165) is 5.56 Å². The van der Waals surface area contributed by atoms with Crippen molar-refractivity contribution in [3.63, 3.8) is 0 Å². The highest BCUT2D eigenvalue weighted by Crippen LogP contribution is 2.04. The molecule has 0 bridgehead atoms. The third-order valence-corrected chi connectivity index (χ3v) is 2.73. The molecule has 0 saturated carbocycles. The van der Waals surface area contributed by atoms with Crippen LogP contribution in [0, 0.1) is 5.92 Å². The topological polar surface area (TPSA) is 91.3 Å². The zero-order valence-corrected chi connectivity index (χ0v) is 11.8. The van der Waals surface area contributed by atoms with Crippen molar-refractivity contribution >= 4 is 12.0 Å². The van der Waals surface area contributed by atoms with Crippen molar-refractivity contribution in [2.24, 2.45) is 5.92 Å². The van der Waals surface area contributed by atoms with Crippen molar-refractivity contribution in [3.8, 4) is 0 Å². The van der Waals surface area contributed by atoms with Gasteiger partial charge in [-0.3, -0.25) is 4.98 Å². The number of carboxylic acids is 1. The minimum atomic E-state index is -1.01. The number of hydrogen-bond acceptors (Lipinski definition) is 3. The number of aromatic nitrogens is 1. The van der Waals surface area contributed by atoms with Crippen molar-refractivity contribution in [1.82, 2.24) is 15.6 Å². The van der Waals surface area contributed by atoms with E-state index in [0.29, 0.717) is 19.4 Å². The molecule has 1 aromatic rings. The molecule has 1 atom stereocenters. The fraction of sp³-hybridized carbons (Fsp3) is 0.500. The lowest BCUT2D eigenvalue weighted by Gasteiger charge is -2.16. The Balaban J connectivity index is 2.33. The summed E-state index contributed by atoms with van der Waals surface area (Å²) in [5, 5.41) is 14.1. The van der Waals surface area contributed by atoms with E-state index in [2.05, 4.69) is 15.6 Å². The van der Waals surface area contributed by atoms with Gasteiger partial charge in [0.15, 0.2) is 0 Å². The van der Waals surface area contributed by atoms with Crippen molar-refractivity contribution in [2.45, 2.75) is 32.7 Å². The molecule has 6 heteroatoms. The third-order valence-electron chi connectivity index (χ3n) is 2.73. The van der Waals surface area contributed by atoms with E-state index >= 15 is 0 Å². The van der Waals surface area contributed by atoms with Crippen LogP contribution < -0.4 is 10.6 Å². The molecule has 0 saturated heterocycles. The van der Waals surface area contributed by atoms with Gasteiger partial charge in [0.2, 0.25) is 0 Å². The molecule has 0 radical (unpaired) electrons. The monoisotopic (exact) mass is 279 g/mol. The lowest BCUT2D eigenvalue weighted by atomic mass is 10.0. The highest BCUT2D eigenvalue weighted by Gasteiger charge is 2.20. The van der Waals surface area contributed by atoms with Gasteiger partial charge in [0.05, 0.1) is 0 Å². The van der Waals surface area contributed by atoms with Gasteiger partial charge >= 0.3 is 12.0 Å². The maximum absolute atomic E-state index is 11.6. The van der Waals surface area contributed by atoms with Crippen molar-refractivity contribution in [1.29, 1.82) is 0 Å². The zero-order chi connectivity index (χ0) is 15.0. The number of urea groups is 1. The second-order valence-electron chi connectivity index (χ2n) is 5.03. The molecule has 1 heterocycles. The van der Waals surface area contributed by atoms with Crippen LogP contribution in [-0.2, 0) is 11.2 Å². The maximum atomic E-state index is 11.6. The van der Waals surface area contributed by atoms with Crippen LogP contribution in [0.4, 0.5) is 4.79 Å². The van der Waals surface area contributed by atoms with Crippen molar-refractivity contribution in [3.05, 3.63) is 30.1 Å². The fourth-order valence-corrected chi connectivity index (χ4v) is 1.77. The Labute approximate surface area is 118 Å². The summed E-state index contributed by atoms with van der Waals surface area (Å²) in [7, 11) is 0. The van der Waals surface area contributed by atoms with Gasteiger partial charge in [-0.05, 0) is 30.4 Å². The molecule has 1 rings (SSSR count). The van der Waals surface area contributed by atoms with Crippen molar-refractivity contribution < 1.29 is 14.7 Å². The Kier molecular flexibility index (Phi) is 6.49. The minimum absolute atomic E-state index is 0.201. The van der Waals surface area contributed by atoms with Crippen LogP contribution in [0.15, 0.2) is 24.5 Å². The molecule has 1 unspecified atom stereocenters. The molecule has 0 aliphatic rings. The van der Waals surface area contributed by atoms with Gasteiger partial charge < -0.3 is 15.7 Å². The number of carboxylic acid groups (broad SMARTS) is 1. The molecule has 0 aliphatic heterocycles. The van der Waals surface area contributed by atoms with Gasteiger partial charge in [0, 0.05) is 18.9 Å². The summed E-state index contributed by atoms with van der Waals surface area (Å²) in [6, 6.07) is 2.44. The number of pyridine rings is 1. The van der Waals surface area contributed by atoms with E-state index in [1.165, 1.54) is 0 Å². The number of rotatable bonds is 7. The minimum Gasteiger partial charge on any atom is -0.480 e. The molecule has 0 aliphatic carbocycles. The maximum Gasteiger partial charge on any atom is 0.326 e. The van der Waals surface area contributed by atoms with Crippen LogP contribution in [0.5, 0.6) is 0 Å². The smallest absolute Gasteiger partial charge is 0.326 e. The summed E-state index contributed by atoms with van der Waals surface area (Å²) in [6.07, 6.45) is 4.49. The number of nitrogens with zero attached hydrogens (tertiary/aromatic N) is 1. The van der Waals surface area contributed by atoms with Crippen LogP contribution >= 0.6 is 0 Å². The first-order chi connectivity index (χ1) is 9.49. The van der Waals surface area contributed by atoms with E-state index in [4.69, 9.17) is 5.11 Å². The molecule has 3 N–H and O–H groups in total. The summed E-state index contributed by atoms with van der Waals surface area (Å²) in [5.41, 5.74) is 1.02. The zero-order valence-electron chi connectivity index (χ0n) is 11.8. The predicted octanol–water partition coefficient (Wildman–Crippen LogP) is 1.42.